The quantitative estimate of drug-likeness (QED) is 0.843. The van der Waals surface area contributed by atoms with Gasteiger partial charge in [-0.25, -0.2) is 0 Å². The highest BCUT2D eigenvalue weighted by atomic mass is 16.2. The van der Waals surface area contributed by atoms with Crippen LogP contribution in [0.15, 0.2) is 24.3 Å². The van der Waals surface area contributed by atoms with Crippen molar-refractivity contribution in [3.8, 4) is 0 Å². The molecule has 4 nitrogen and oxygen atoms in total. The average Bonchev–Trinajstić information content (AvgIpc) is 2.82. The van der Waals surface area contributed by atoms with Crippen molar-refractivity contribution in [2.75, 3.05) is 18.4 Å². The molecule has 3 rings (SSSR count). The summed E-state index contributed by atoms with van der Waals surface area (Å²) in [5, 5.41) is 3.07. The summed E-state index contributed by atoms with van der Waals surface area (Å²) in [6.07, 6.45) is 4.11. The van der Waals surface area contributed by atoms with E-state index in [1.807, 2.05) is 18.2 Å². The predicted molar refractivity (Wildman–Crippen MR) is 76.0 cm³/mol. The number of aryl methyl sites for hydroxylation is 1. The van der Waals surface area contributed by atoms with Gasteiger partial charge in [0.1, 0.15) is 0 Å². The Hall–Kier alpha value is -1.39. The van der Waals surface area contributed by atoms with Crippen LogP contribution in [0.1, 0.15) is 24.8 Å². The van der Waals surface area contributed by atoms with E-state index in [9.17, 15) is 4.79 Å². The van der Waals surface area contributed by atoms with Crippen molar-refractivity contribution in [3.05, 3.63) is 29.8 Å². The van der Waals surface area contributed by atoms with Gasteiger partial charge in [0.05, 0.1) is 6.04 Å². The van der Waals surface area contributed by atoms with Crippen LogP contribution in [0.3, 0.4) is 0 Å². The van der Waals surface area contributed by atoms with Crippen LogP contribution in [0.4, 0.5) is 5.69 Å². The molecule has 0 aliphatic carbocycles. The van der Waals surface area contributed by atoms with Gasteiger partial charge >= 0.3 is 0 Å². The molecule has 19 heavy (non-hydrogen) atoms. The molecule has 0 radical (unpaired) electrons. The number of carbonyl (C=O) groups excluding carboxylic acids is 1. The van der Waals surface area contributed by atoms with E-state index in [-0.39, 0.29) is 11.9 Å². The van der Waals surface area contributed by atoms with Crippen molar-refractivity contribution in [2.45, 2.75) is 37.8 Å². The van der Waals surface area contributed by atoms with Gasteiger partial charge in [-0.3, -0.25) is 9.69 Å². The van der Waals surface area contributed by atoms with Crippen molar-refractivity contribution >= 4 is 11.6 Å². The number of hydrogen-bond donors (Lipinski definition) is 2. The minimum absolute atomic E-state index is 0.0246. The number of benzene rings is 1. The number of likely N-dealkylation sites (tertiary alicyclic amines) is 1. The molecule has 2 aliphatic rings. The largest absolute Gasteiger partial charge is 0.329 e. The van der Waals surface area contributed by atoms with Crippen molar-refractivity contribution in [3.63, 3.8) is 0 Å². The third kappa shape index (κ3) is 2.38. The number of nitrogens with two attached hydrogens (primary N) is 1. The summed E-state index contributed by atoms with van der Waals surface area (Å²) < 4.78 is 0. The van der Waals surface area contributed by atoms with Crippen molar-refractivity contribution < 1.29 is 4.79 Å². The van der Waals surface area contributed by atoms with Gasteiger partial charge in [0.25, 0.3) is 0 Å². The Kier molecular flexibility index (Phi) is 3.53. The van der Waals surface area contributed by atoms with Gasteiger partial charge in [-0.15, -0.1) is 0 Å². The van der Waals surface area contributed by atoms with Crippen LogP contribution >= 0.6 is 0 Å². The van der Waals surface area contributed by atoms with E-state index in [1.165, 1.54) is 5.56 Å². The highest BCUT2D eigenvalue weighted by Gasteiger charge is 2.35. The fourth-order valence-corrected chi connectivity index (χ4v) is 3.34. The van der Waals surface area contributed by atoms with E-state index in [4.69, 9.17) is 5.73 Å². The molecule has 1 aromatic rings. The number of carbonyl (C=O) groups is 1. The lowest BCUT2D eigenvalue weighted by Gasteiger charge is -2.30. The third-order valence-corrected chi connectivity index (χ3v) is 4.36. The normalized spacial score (nSPS) is 27.7. The molecule has 0 saturated carbocycles. The smallest absolute Gasteiger partial charge is 0.241 e. The van der Waals surface area contributed by atoms with E-state index >= 15 is 0 Å². The highest BCUT2D eigenvalue weighted by molar-refractivity contribution is 5.96. The Morgan fingerprint density at radius 2 is 2.16 bits per heavy atom. The second-order valence-electron chi connectivity index (χ2n) is 5.47. The summed E-state index contributed by atoms with van der Waals surface area (Å²) in [5.41, 5.74) is 8.03. The molecule has 0 bridgehead atoms. The Morgan fingerprint density at radius 3 is 3.00 bits per heavy atom. The summed E-state index contributed by atoms with van der Waals surface area (Å²) in [7, 11) is 0. The van der Waals surface area contributed by atoms with Gasteiger partial charge in [0.15, 0.2) is 0 Å². The summed E-state index contributed by atoms with van der Waals surface area (Å²) in [4.78, 5) is 14.7. The minimum Gasteiger partial charge on any atom is -0.329 e. The van der Waals surface area contributed by atoms with Crippen LogP contribution in [0.5, 0.6) is 0 Å². The average molecular weight is 259 g/mol. The molecular weight excluding hydrogens is 238 g/mol. The number of amides is 1. The number of para-hydroxylation sites is 1. The van der Waals surface area contributed by atoms with Crippen LogP contribution < -0.4 is 11.1 Å². The van der Waals surface area contributed by atoms with Gasteiger partial charge in [-0.2, -0.15) is 0 Å². The second kappa shape index (κ2) is 5.31. The summed E-state index contributed by atoms with van der Waals surface area (Å²) in [5.74, 6) is 0.130. The van der Waals surface area contributed by atoms with Crippen LogP contribution in [0.2, 0.25) is 0 Å². The first-order valence-electron chi connectivity index (χ1n) is 7.14. The van der Waals surface area contributed by atoms with Crippen LogP contribution in [-0.4, -0.2) is 36.0 Å². The number of fused-ring (bicyclic) bond motifs is 1. The zero-order chi connectivity index (χ0) is 13.2. The van der Waals surface area contributed by atoms with E-state index in [0.717, 1.165) is 37.9 Å². The molecule has 102 valence electrons. The molecule has 1 aromatic carbocycles. The van der Waals surface area contributed by atoms with E-state index in [0.29, 0.717) is 12.6 Å². The molecule has 1 saturated heterocycles. The number of rotatable bonds is 2. The summed E-state index contributed by atoms with van der Waals surface area (Å²) in [6, 6.07) is 8.44. The van der Waals surface area contributed by atoms with Gasteiger partial charge in [-0.05, 0) is 43.9 Å². The first kappa shape index (κ1) is 12.6. The molecule has 2 atom stereocenters. The fourth-order valence-electron chi connectivity index (χ4n) is 3.34. The van der Waals surface area contributed by atoms with Gasteiger partial charge in [0.2, 0.25) is 5.91 Å². The molecule has 3 N–H and O–H groups in total. The van der Waals surface area contributed by atoms with Crippen molar-refractivity contribution in [1.82, 2.24) is 4.90 Å². The fraction of sp³-hybridized carbons (Fsp3) is 0.533. The molecule has 4 heteroatoms. The van der Waals surface area contributed by atoms with Gasteiger partial charge in [0, 0.05) is 18.3 Å². The zero-order valence-corrected chi connectivity index (χ0v) is 11.1. The van der Waals surface area contributed by atoms with E-state index < -0.39 is 0 Å². The lowest BCUT2D eigenvalue weighted by atomic mass is 10.0. The highest BCUT2D eigenvalue weighted by Crippen LogP contribution is 2.27. The van der Waals surface area contributed by atoms with Crippen molar-refractivity contribution in [2.24, 2.45) is 5.73 Å². The molecule has 2 unspecified atom stereocenters. The standard InChI is InChI=1S/C15H21N3O/c16-10-12-5-3-9-18(12)14-8-7-11-4-1-2-6-13(11)17-15(14)19/h1-2,4,6,12,14H,3,5,7-10,16H2,(H,17,19). The third-order valence-electron chi connectivity index (χ3n) is 4.36. The van der Waals surface area contributed by atoms with Crippen LogP contribution in [0, 0.1) is 0 Å². The molecular formula is C15H21N3O. The molecule has 0 aromatic heterocycles. The zero-order valence-electron chi connectivity index (χ0n) is 11.1. The van der Waals surface area contributed by atoms with Gasteiger partial charge in [-0.1, -0.05) is 18.2 Å². The Morgan fingerprint density at radius 1 is 1.32 bits per heavy atom. The molecule has 2 heterocycles. The topological polar surface area (TPSA) is 58.4 Å². The molecule has 1 amide bonds. The lowest BCUT2D eigenvalue weighted by molar-refractivity contribution is -0.121. The SMILES string of the molecule is NCC1CCCN1C1CCc2ccccc2NC1=O. The number of nitrogens with zero attached hydrogens (tertiary/aromatic N) is 1. The first-order chi connectivity index (χ1) is 9.29. The Balaban J connectivity index is 1.81. The first-order valence-corrected chi connectivity index (χ1v) is 7.14. The molecule has 2 aliphatic heterocycles. The van der Waals surface area contributed by atoms with E-state index in [2.05, 4.69) is 16.3 Å². The van der Waals surface area contributed by atoms with Gasteiger partial charge < -0.3 is 11.1 Å². The van der Waals surface area contributed by atoms with Crippen LogP contribution in [-0.2, 0) is 11.2 Å². The Bertz CT molecular complexity index is 474. The van der Waals surface area contributed by atoms with E-state index in [1.54, 1.807) is 0 Å². The predicted octanol–water partition coefficient (Wildman–Crippen LogP) is 1.36. The second-order valence-corrected chi connectivity index (χ2v) is 5.47. The summed E-state index contributed by atoms with van der Waals surface area (Å²) >= 11 is 0. The lowest BCUT2D eigenvalue weighted by Crippen LogP contribution is -2.48. The molecule has 0 spiro atoms. The minimum atomic E-state index is -0.0246. The van der Waals surface area contributed by atoms with Crippen molar-refractivity contribution in [1.29, 1.82) is 0 Å². The maximum absolute atomic E-state index is 12.4. The number of anilines is 1. The molecule has 1 fully saturated rings. The van der Waals surface area contributed by atoms with Crippen LogP contribution in [0.25, 0.3) is 0 Å². The maximum Gasteiger partial charge on any atom is 0.241 e. The Labute approximate surface area is 114 Å². The summed E-state index contributed by atoms with van der Waals surface area (Å²) in [6.45, 7) is 1.65. The monoisotopic (exact) mass is 259 g/mol. The number of hydrogen-bond acceptors (Lipinski definition) is 3. The maximum atomic E-state index is 12.4. The number of nitrogens with one attached hydrogen (secondary N) is 1.